The topological polar surface area (TPSA) is 57.4 Å². The molecule has 0 aliphatic heterocycles. The lowest BCUT2D eigenvalue weighted by atomic mass is 9.98. The number of fused-ring (bicyclic) bond motifs is 10. The Kier molecular flexibility index (Phi) is 5.84. The summed E-state index contributed by atoms with van der Waals surface area (Å²) in [4.78, 5) is 0. The van der Waals surface area contributed by atoms with E-state index in [4.69, 9.17) is 0 Å². The van der Waals surface area contributed by atoms with Gasteiger partial charge < -0.3 is 9.13 Å². The molecule has 0 atom stereocenters. The Morgan fingerprint density at radius 2 is 1.10 bits per heavy atom. The average Bonchev–Trinajstić information content (AvgIpc) is 3.82. The van der Waals surface area contributed by atoms with E-state index in [1.807, 2.05) is 30.3 Å². The van der Waals surface area contributed by atoms with Crippen molar-refractivity contribution in [2.24, 2.45) is 0 Å². The molecule has 7 aromatic carbocycles. The quantitative estimate of drug-likeness (QED) is 0.193. The van der Waals surface area contributed by atoms with Crippen molar-refractivity contribution in [2.75, 3.05) is 0 Å². The molecule has 0 unspecified atom stereocenters. The molecular weight excluding hydrogens is 617 g/mol. The normalized spacial score (nSPS) is 11.6. The zero-order valence-corrected chi connectivity index (χ0v) is 26.9. The number of benzene rings is 7. The van der Waals surface area contributed by atoms with Crippen LogP contribution in [0.5, 0.6) is 0 Å². The van der Waals surface area contributed by atoms with Crippen LogP contribution >= 0.6 is 11.3 Å². The molecule has 0 radical (unpaired) electrons. The molecule has 0 saturated heterocycles. The third kappa shape index (κ3) is 3.82. The second-order valence-electron chi connectivity index (χ2n) is 12.3. The van der Waals surface area contributed by atoms with Gasteiger partial charge in [-0.15, -0.1) is 11.3 Å². The van der Waals surface area contributed by atoms with Gasteiger partial charge in [-0.1, -0.05) is 91.0 Å². The third-order valence-electron chi connectivity index (χ3n) is 9.79. The van der Waals surface area contributed by atoms with Gasteiger partial charge in [-0.3, -0.25) is 0 Å². The number of nitriles is 2. The molecule has 0 fully saturated rings. The first kappa shape index (κ1) is 27.5. The van der Waals surface area contributed by atoms with E-state index in [0.717, 1.165) is 60.0 Å². The number of nitrogens with zero attached hydrogens (tertiary/aromatic N) is 4. The largest absolute Gasteiger partial charge is 0.309 e. The zero-order valence-electron chi connectivity index (χ0n) is 26.1. The standard InChI is InChI=1S/C44H24N4S/c45-25-27-20-21-32(40(24-27)48-36-17-6-4-13-30(36)31-14-5-7-18-37(31)48)33-15-9-16-34-35-22-23-39-42(44(35)49-43(33)34)41-28(26-46)10-8-19-38(41)47(39)29-11-2-1-3-12-29/h1-24H. The molecule has 0 spiro atoms. The molecule has 0 amide bonds. The Labute approximate surface area is 285 Å². The van der Waals surface area contributed by atoms with Gasteiger partial charge in [-0.05, 0) is 54.6 Å². The van der Waals surface area contributed by atoms with Gasteiger partial charge in [-0.2, -0.15) is 10.5 Å². The first-order valence-electron chi connectivity index (χ1n) is 16.1. The van der Waals surface area contributed by atoms with Crippen LogP contribution in [0.15, 0.2) is 146 Å². The number of thiophene rings is 1. The Morgan fingerprint density at radius 1 is 0.449 bits per heavy atom. The van der Waals surface area contributed by atoms with E-state index in [-0.39, 0.29) is 0 Å². The Hall–Kier alpha value is -6.66. The summed E-state index contributed by atoms with van der Waals surface area (Å²) in [5, 5.41) is 27.1. The molecule has 5 heteroatoms. The van der Waals surface area contributed by atoms with Crippen LogP contribution in [0.1, 0.15) is 11.1 Å². The molecule has 0 aliphatic carbocycles. The fourth-order valence-electron chi connectivity index (χ4n) is 7.75. The predicted molar refractivity (Wildman–Crippen MR) is 203 cm³/mol. The minimum Gasteiger partial charge on any atom is -0.309 e. The summed E-state index contributed by atoms with van der Waals surface area (Å²) < 4.78 is 6.91. The van der Waals surface area contributed by atoms with Gasteiger partial charge in [0.25, 0.3) is 0 Å². The molecule has 0 bridgehead atoms. The summed E-state index contributed by atoms with van der Waals surface area (Å²) in [6.45, 7) is 0. The second-order valence-corrected chi connectivity index (χ2v) is 13.3. The van der Waals surface area contributed by atoms with Crippen LogP contribution in [0.2, 0.25) is 0 Å². The second kappa shape index (κ2) is 10.4. The summed E-state index contributed by atoms with van der Waals surface area (Å²) in [7, 11) is 0. The van der Waals surface area contributed by atoms with Crippen molar-refractivity contribution < 1.29 is 0 Å². The maximum atomic E-state index is 10.3. The maximum Gasteiger partial charge on any atom is 0.0999 e. The highest BCUT2D eigenvalue weighted by Gasteiger charge is 2.22. The number of hydrogen-bond acceptors (Lipinski definition) is 3. The molecule has 3 aromatic heterocycles. The van der Waals surface area contributed by atoms with Gasteiger partial charge >= 0.3 is 0 Å². The molecular formula is C44H24N4S. The Bertz CT molecular complexity index is 3020. The number of para-hydroxylation sites is 3. The van der Waals surface area contributed by atoms with Gasteiger partial charge in [0.1, 0.15) is 0 Å². The number of aromatic nitrogens is 2. The van der Waals surface area contributed by atoms with Gasteiger partial charge in [0.2, 0.25) is 0 Å². The van der Waals surface area contributed by atoms with Crippen molar-refractivity contribution in [1.82, 2.24) is 9.13 Å². The lowest BCUT2D eigenvalue weighted by molar-refractivity contribution is 1.18. The number of hydrogen-bond donors (Lipinski definition) is 0. The van der Waals surface area contributed by atoms with E-state index in [0.29, 0.717) is 11.1 Å². The van der Waals surface area contributed by atoms with Crippen LogP contribution in [0.3, 0.4) is 0 Å². The zero-order chi connectivity index (χ0) is 32.6. The molecule has 0 saturated carbocycles. The minimum absolute atomic E-state index is 0.614. The summed E-state index contributed by atoms with van der Waals surface area (Å²) in [6, 6.07) is 55.2. The molecule has 10 aromatic rings. The van der Waals surface area contributed by atoms with Gasteiger partial charge in [0.15, 0.2) is 0 Å². The smallest absolute Gasteiger partial charge is 0.0999 e. The van der Waals surface area contributed by atoms with Gasteiger partial charge in [0.05, 0.1) is 51.0 Å². The van der Waals surface area contributed by atoms with E-state index in [9.17, 15) is 10.5 Å². The van der Waals surface area contributed by atoms with Crippen LogP contribution in [-0.4, -0.2) is 9.13 Å². The molecule has 4 nitrogen and oxygen atoms in total. The van der Waals surface area contributed by atoms with Crippen LogP contribution < -0.4 is 0 Å². The van der Waals surface area contributed by atoms with E-state index in [2.05, 4.69) is 137 Å². The molecule has 226 valence electrons. The highest BCUT2D eigenvalue weighted by Crippen LogP contribution is 2.47. The fraction of sp³-hybridized carbons (Fsp3) is 0. The van der Waals surface area contributed by atoms with Crippen LogP contribution in [-0.2, 0) is 0 Å². The van der Waals surface area contributed by atoms with E-state index < -0.39 is 0 Å². The van der Waals surface area contributed by atoms with E-state index in [1.54, 1.807) is 11.3 Å². The molecule has 10 rings (SSSR count). The first-order chi connectivity index (χ1) is 24.2. The predicted octanol–water partition coefficient (Wildman–Crippen LogP) is 11.7. The van der Waals surface area contributed by atoms with Crippen molar-refractivity contribution in [1.29, 1.82) is 10.5 Å². The monoisotopic (exact) mass is 640 g/mol. The summed E-state index contributed by atoms with van der Waals surface area (Å²) in [5.41, 5.74) is 9.78. The lowest BCUT2D eigenvalue weighted by Crippen LogP contribution is -1.98. The van der Waals surface area contributed by atoms with Crippen molar-refractivity contribution >= 4 is 75.1 Å². The highest BCUT2D eigenvalue weighted by molar-refractivity contribution is 7.27. The Morgan fingerprint density at radius 3 is 1.86 bits per heavy atom. The molecule has 0 N–H and O–H groups in total. The third-order valence-corrected chi connectivity index (χ3v) is 11.1. The van der Waals surface area contributed by atoms with E-state index >= 15 is 0 Å². The van der Waals surface area contributed by atoms with Crippen LogP contribution in [0.4, 0.5) is 0 Å². The highest BCUT2D eigenvalue weighted by atomic mass is 32.1. The fourth-order valence-corrected chi connectivity index (χ4v) is 9.13. The van der Waals surface area contributed by atoms with Crippen molar-refractivity contribution in [3.8, 4) is 34.6 Å². The Balaban J connectivity index is 1.32. The van der Waals surface area contributed by atoms with Crippen molar-refractivity contribution in [3.63, 3.8) is 0 Å². The van der Waals surface area contributed by atoms with Crippen molar-refractivity contribution in [2.45, 2.75) is 0 Å². The van der Waals surface area contributed by atoms with Crippen LogP contribution in [0, 0.1) is 22.7 Å². The van der Waals surface area contributed by atoms with E-state index in [1.165, 1.54) is 26.2 Å². The van der Waals surface area contributed by atoms with Crippen LogP contribution in [0.25, 0.3) is 86.3 Å². The van der Waals surface area contributed by atoms with Gasteiger partial charge in [-0.25, -0.2) is 0 Å². The molecule has 0 aliphatic rings. The molecule has 49 heavy (non-hydrogen) atoms. The average molecular weight is 641 g/mol. The number of rotatable bonds is 3. The van der Waals surface area contributed by atoms with Crippen molar-refractivity contribution in [3.05, 3.63) is 157 Å². The molecule has 3 heterocycles. The first-order valence-corrected chi connectivity index (χ1v) is 17.0. The summed E-state index contributed by atoms with van der Waals surface area (Å²) >= 11 is 1.78. The lowest BCUT2D eigenvalue weighted by Gasteiger charge is -2.15. The summed E-state index contributed by atoms with van der Waals surface area (Å²) in [6.07, 6.45) is 0. The minimum atomic E-state index is 0.614. The maximum absolute atomic E-state index is 10.3. The van der Waals surface area contributed by atoms with Gasteiger partial charge in [0, 0.05) is 58.5 Å². The summed E-state index contributed by atoms with van der Waals surface area (Å²) in [5.74, 6) is 0. The SMILES string of the molecule is N#Cc1ccc(-c2cccc3c2sc2c3ccc3c2c2c(C#N)cccc2n3-c2ccccc2)c(-n2c3ccccc3c3ccccc32)c1.